The minimum atomic E-state index is -2.86. The van der Waals surface area contributed by atoms with Gasteiger partial charge in [0.15, 0.2) is 0 Å². The Morgan fingerprint density at radius 2 is 1.69 bits per heavy atom. The highest BCUT2D eigenvalue weighted by Gasteiger charge is 2.13. The highest BCUT2D eigenvalue weighted by molar-refractivity contribution is 7.90. The Morgan fingerprint density at radius 3 is 2.19 bits per heavy atom. The number of unbranched alkanes of at least 4 members (excludes halogenated alkanes) is 4. The fraction of sp³-hybridized carbons (Fsp3) is 1.00. The van der Waals surface area contributed by atoms with Gasteiger partial charge in [0.2, 0.25) is 0 Å². The van der Waals surface area contributed by atoms with Gasteiger partial charge in [-0.25, -0.2) is 8.42 Å². The molecule has 0 aromatic rings. The van der Waals surface area contributed by atoms with Crippen molar-refractivity contribution in [1.29, 1.82) is 0 Å². The van der Waals surface area contributed by atoms with Crippen LogP contribution in [0.1, 0.15) is 52.4 Å². The highest BCUT2D eigenvalue weighted by atomic mass is 32.2. The third kappa shape index (κ3) is 10.4. The predicted molar refractivity (Wildman–Crippen MR) is 70.6 cm³/mol. The maximum atomic E-state index is 11.2. The van der Waals surface area contributed by atoms with Crippen molar-refractivity contribution in [3.05, 3.63) is 0 Å². The van der Waals surface area contributed by atoms with E-state index in [2.05, 4.69) is 12.2 Å². The Kier molecular flexibility index (Phi) is 8.94. The van der Waals surface area contributed by atoms with Crippen LogP contribution in [0.4, 0.5) is 0 Å². The summed E-state index contributed by atoms with van der Waals surface area (Å²) in [4.78, 5) is 0. The quantitative estimate of drug-likeness (QED) is 0.605. The first-order chi connectivity index (χ1) is 7.49. The van der Waals surface area contributed by atoms with Crippen molar-refractivity contribution in [3.63, 3.8) is 0 Å². The fourth-order valence-electron chi connectivity index (χ4n) is 1.89. The first-order valence-electron chi connectivity index (χ1n) is 6.40. The maximum absolute atomic E-state index is 11.2. The number of nitrogens with one attached hydrogen (secondary N) is 1. The minimum Gasteiger partial charge on any atom is -0.313 e. The van der Waals surface area contributed by atoms with Crippen LogP contribution >= 0.6 is 0 Å². The van der Waals surface area contributed by atoms with Crippen molar-refractivity contribution < 1.29 is 8.42 Å². The van der Waals surface area contributed by atoms with E-state index in [4.69, 9.17) is 0 Å². The predicted octanol–water partition coefficient (Wildman–Crippen LogP) is 2.37. The van der Waals surface area contributed by atoms with Crippen LogP contribution in [0, 0.1) is 0 Å². The SMILES string of the molecule is CCCCCCCC(CS(C)(=O)=O)NCC. The van der Waals surface area contributed by atoms with Gasteiger partial charge in [0.1, 0.15) is 9.84 Å². The zero-order valence-electron chi connectivity index (χ0n) is 11.0. The minimum absolute atomic E-state index is 0.140. The lowest BCUT2D eigenvalue weighted by Crippen LogP contribution is -2.35. The number of rotatable bonds is 10. The highest BCUT2D eigenvalue weighted by Crippen LogP contribution is 2.08. The standard InChI is InChI=1S/C12H27NO2S/c1-4-6-7-8-9-10-12(13-5-2)11-16(3,14)15/h12-13H,4-11H2,1-3H3. The van der Waals surface area contributed by atoms with Crippen LogP contribution in [0.2, 0.25) is 0 Å². The molecule has 98 valence electrons. The summed E-state index contributed by atoms with van der Waals surface area (Å²) in [6.45, 7) is 5.06. The van der Waals surface area contributed by atoms with Crippen molar-refractivity contribution in [2.24, 2.45) is 0 Å². The van der Waals surface area contributed by atoms with Gasteiger partial charge in [-0.15, -0.1) is 0 Å². The second kappa shape index (κ2) is 8.99. The summed E-state index contributed by atoms with van der Waals surface area (Å²) in [6.07, 6.45) is 8.46. The lowest BCUT2D eigenvalue weighted by molar-refractivity contribution is 0.487. The molecule has 0 saturated carbocycles. The van der Waals surface area contributed by atoms with Gasteiger partial charge in [-0.2, -0.15) is 0 Å². The molecule has 16 heavy (non-hydrogen) atoms. The van der Waals surface area contributed by atoms with E-state index in [1.54, 1.807) is 0 Å². The Labute approximate surface area is 101 Å². The van der Waals surface area contributed by atoms with Crippen molar-refractivity contribution in [3.8, 4) is 0 Å². The summed E-state index contributed by atoms with van der Waals surface area (Å²) in [5.74, 6) is 0.272. The van der Waals surface area contributed by atoms with Crippen molar-refractivity contribution in [2.75, 3.05) is 18.6 Å². The summed E-state index contributed by atoms with van der Waals surface area (Å²) >= 11 is 0. The summed E-state index contributed by atoms with van der Waals surface area (Å²) in [7, 11) is -2.86. The molecule has 0 aromatic carbocycles. The topological polar surface area (TPSA) is 46.2 Å². The van der Waals surface area contributed by atoms with E-state index in [0.717, 1.165) is 19.4 Å². The maximum Gasteiger partial charge on any atom is 0.148 e. The molecular formula is C12H27NO2S. The third-order valence-electron chi connectivity index (χ3n) is 2.65. The second-order valence-electron chi connectivity index (χ2n) is 4.55. The van der Waals surface area contributed by atoms with E-state index in [9.17, 15) is 8.42 Å². The van der Waals surface area contributed by atoms with E-state index in [1.807, 2.05) is 6.92 Å². The van der Waals surface area contributed by atoms with Crippen LogP contribution in [0.5, 0.6) is 0 Å². The van der Waals surface area contributed by atoms with Gasteiger partial charge in [-0.3, -0.25) is 0 Å². The average Bonchev–Trinajstić information content (AvgIpc) is 2.15. The summed E-state index contributed by atoms with van der Waals surface area (Å²) in [5, 5.41) is 3.25. The van der Waals surface area contributed by atoms with Crippen LogP contribution in [0.25, 0.3) is 0 Å². The Bertz CT molecular complexity index is 250. The number of hydrogen-bond donors (Lipinski definition) is 1. The molecule has 1 atom stereocenters. The first kappa shape index (κ1) is 15.9. The molecule has 0 radical (unpaired) electrons. The lowest BCUT2D eigenvalue weighted by Gasteiger charge is -2.16. The molecule has 1 N–H and O–H groups in total. The summed E-state index contributed by atoms with van der Waals surface area (Å²) in [5.41, 5.74) is 0. The van der Waals surface area contributed by atoms with Crippen molar-refractivity contribution in [1.82, 2.24) is 5.32 Å². The summed E-state index contributed by atoms with van der Waals surface area (Å²) in [6, 6.07) is 0.140. The van der Waals surface area contributed by atoms with Gasteiger partial charge < -0.3 is 5.32 Å². The summed E-state index contributed by atoms with van der Waals surface area (Å²) < 4.78 is 22.4. The van der Waals surface area contributed by atoms with Crippen LogP contribution in [0.3, 0.4) is 0 Å². The molecule has 0 amide bonds. The molecule has 0 fully saturated rings. The normalized spacial score (nSPS) is 13.9. The molecule has 0 aliphatic carbocycles. The Hall–Kier alpha value is -0.0900. The van der Waals surface area contributed by atoms with Gasteiger partial charge >= 0.3 is 0 Å². The zero-order valence-corrected chi connectivity index (χ0v) is 11.8. The van der Waals surface area contributed by atoms with Crippen molar-refractivity contribution >= 4 is 9.84 Å². The Balaban J connectivity index is 3.77. The largest absolute Gasteiger partial charge is 0.313 e. The van der Waals surface area contributed by atoms with Crippen LogP contribution < -0.4 is 5.32 Å². The van der Waals surface area contributed by atoms with Crippen LogP contribution in [0.15, 0.2) is 0 Å². The fourth-order valence-corrected chi connectivity index (χ4v) is 2.91. The van der Waals surface area contributed by atoms with Gasteiger partial charge in [-0.1, -0.05) is 46.0 Å². The van der Waals surface area contributed by atoms with E-state index in [1.165, 1.54) is 31.9 Å². The molecule has 0 aliphatic rings. The molecule has 0 saturated heterocycles. The van der Waals surface area contributed by atoms with Gasteiger partial charge in [0.05, 0.1) is 5.75 Å². The smallest absolute Gasteiger partial charge is 0.148 e. The Morgan fingerprint density at radius 1 is 1.06 bits per heavy atom. The van der Waals surface area contributed by atoms with Crippen molar-refractivity contribution in [2.45, 2.75) is 58.4 Å². The van der Waals surface area contributed by atoms with Gasteiger partial charge in [0.25, 0.3) is 0 Å². The average molecular weight is 249 g/mol. The van der Waals surface area contributed by atoms with E-state index in [0.29, 0.717) is 0 Å². The van der Waals surface area contributed by atoms with Gasteiger partial charge in [0, 0.05) is 12.3 Å². The molecule has 0 aromatic heterocycles. The number of sulfone groups is 1. The lowest BCUT2D eigenvalue weighted by atomic mass is 10.1. The molecule has 3 nitrogen and oxygen atoms in total. The first-order valence-corrected chi connectivity index (χ1v) is 8.46. The zero-order chi connectivity index (χ0) is 12.4. The van der Waals surface area contributed by atoms with E-state index in [-0.39, 0.29) is 11.8 Å². The van der Waals surface area contributed by atoms with Gasteiger partial charge in [-0.05, 0) is 13.0 Å². The van der Waals surface area contributed by atoms with E-state index < -0.39 is 9.84 Å². The molecule has 0 bridgehead atoms. The van der Waals surface area contributed by atoms with Crippen LogP contribution in [-0.4, -0.2) is 33.0 Å². The molecular weight excluding hydrogens is 222 g/mol. The third-order valence-corrected chi connectivity index (χ3v) is 3.66. The second-order valence-corrected chi connectivity index (χ2v) is 6.73. The molecule has 4 heteroatoms. The van der Waals surface area contributed by atoms with Crippen LogP contribution in [-0.2, 0) is 9.84 Å². The molecule has 0 rings (SSSR count). The molecule has 0 spiro atoms. The van der Waals surface area contributed by atoms with E-state index >= 15 is 0 Å². The molecule has 0 aliphatic heterocycles. The monoisotopic (exact) mass is 249 g/mol. The molecule has 1 unspecified atom stereocenters. The molecule has 0 heterocycles. The number of hydrogen-bond acceptors (Lipinski definition) is 3.